The molecule has 1 saturated heterocycles. The highest BCUT2D eigenvalue weighted by Crippen LogP contribution is 2.62. The monoisotopic (exact) mass is 590 g/mol. The molecule has 0 aromatic heterocycles. The maximum absolute atomic E-state index is 15.1. The van der Waals surface area contributed by atoms with Crippen LogP contribution in [0.1, 0.15) is 43.4 Å². The van der Waals surface area contributed by atoms with Gasteiger partial charge >= 0.3 is 0 Å². The highest BCUT2D eigenvalue weighted by atomic mass is 35.5. The Bertz CT molecular complexity index is 1850. The Labute approximate surface area is 253 Å². The predicted molar refractivity (Wildman–Crippen MR) is 164 cm³/mol. The second-order valence-electron chi connectivity index (χ2n) is 10.9. The third-order valence-corrected chi connectivity index (χ3v) is 9.26. The molecular weight excluding hydrogens is 564 g/mol. The Morgan fingerprint density at radius 2 is 1.60 bits per heavy atom. The molecule has 0 radical (unpaired) electrons. The lowest BCUT2D eigenvalue weighted by atomic mass is 9.62. The van der Waals surface area contributed by atoms with Crippen molar-refractivity contribution in [3.8, 4) is 11.5 Å². The van der Waals surface area contributed by atoms with E-state index in [4.69, 9.17) is 21.1 Å². The highest BCUT2D eigenvalue weighted by Gasteiger charge is 2.71. The van der Waals surface area contributed by atoms with Crippen LogP contribution < -0.4 is 14.8 Å². The number of nitrogens with zero attached hydrogens (tertiary/aromatic N) is 1. The van der Waals surface area contributed by atoms with Gasteiger partial charge in [-0.2, -0.15) is 0 Å². The topological polar surface area (TPSA) is 84.9 Å². The largest absolute Gasteiger partial charge is 0.497 e. The van der Waals surface area contributed by atoms with E-state index in [0.29, 0.717) is 22.7 Å². The molecule has 0 unspecified atom stereocenters. The van der Waals surface area contributed by atoms with Crippen LogP contribution in [0.4, 0.5) is 5.69 Å². The number of carbonyl (C=O) groups is 3. The average molecular weight is 591 g/mol. The third kappa shape index (κ3) is 3.78. The van der Waals surface area contributed by atoms with Gasteiger partial charge in [0.1, 0.15) is 23.0 Å². The molecule has 0 saturated carbocycles. The lowest BCUT2D eigenvalue weighted by Gasteiger charge is -2.38. The number of anilines is 1. The molecule has 3 heterocycles. The van der Waals surface area contributed by atoms with E-state index in [2.05, 4.69) is 5.32 Å². The van der Waals surface area contributed by atoms with Crippen LogP contribution in [-0.2, 0) is 10.2 Å². The van der Waals surface area contributed by atoms with E-state index >= 15 is 4.79 Å². The van der Waals surface area contributed by atoms with E-state index < -0.39 is 29.2 Å². The van der Waals surface area contributed by atoms with Gasteiger partial charge in [-0.05, 0) is 59.2 Å². The van der Waals surface area contributed by atoms with E-state index in [1.165, 1.54) is 14.2 Å². The number of benzene rings is 4. The number of fused-ring (bicyclic) bond motifs is 6. The smallest absolute Gasteiger partial charge is 0.238 e. The Kier molecular flexibility index (Phi) is 6.36. The van der Waals surface area contributed by atoms with Crippen LogP contribution >= 0.6 is 11.6 Å². The van der Waals surface area contributed by atoms with E-state index in [1.54, 1.807) is 42.5 Å². The van der Waals surface area contributed by atoms with Crippen LogP contribution in [0, 0.1) is 5.92 Å². The molecule has 1 spiro atoms. The van der Waals surface area contributed by atoms with Gasteiger partial charge < -0.3 is 19.7 Å². The van der Waals surface area contributed by atoms with Crippen LogP contribution in [0.25, 0.3) is 6.08 Å². The van der Waals surface area contributed by atoms with Crippen LogP contribution in [0.3, 0.4) is 0 Å². The van der Waals surface area contributed by atoms with Crippen molar-refractivity contribution < 1.29 is 23.9 Å². The van der Waals surface area contributed by atoms with E-state index in [1.807, 2.05) is 65.7 Å². The average Bonchev–Trinajstić information content (AvgIpc) is 3.52. The minimum absolute atomic E-state index is 0.220. The van der Waals surface area contributed by atoms with Crippen molar-refractivity contribution in [2.45, 2.75) is 17.5 Å². The standard InChI is InChI=1S/C35H27ClN2O5/c1-42-21-15-16-28(43-2)24(19-21)31(39)29-30(32(40)23-11-5-7-13-26(23)36)38-18-17-20-9-3-4-10-22(20)33(38)35(29)25-12-6-8-14-27(25)37-34(35)41/h3-19,29-30,33H,1-2H3,(H,37,41)/t29-,30+,33+,35-/m0/s1. The number of ether oxygens (including phenoxy) is 2. The number of hydrogen-bond acceptors (Lipinski definition) is 6. The summed E-state index contributed by atoms with van der Waals surface area (Å²) in [4.78, 5) is 46.4. The second-order valence-corrected chi connectivity index (χ2v) is 11.3. The van der Waals surface area contributed by atoms with Gasteiger partial charge in [-0.3, -0.25) is 14.4 Å². The van der Waals surface area contributed by atoms with Crippen molar-refractivity contribution in [2.75, 3.05) is 19.5 Å². The molecule has 3 aliphatic heterocycles. The summed E-state index contributed by atoms with van der Waals surface area (Å²) in [6, 6.07) is 25.2. The third-order valence-electron chi connectivity index (χ3n) is 8.93. The Morgan fingerprint density at radius 1 is 0.860 bits per heavy atom. The molecule has 8 heteroatoms. The molecule has 0 aliphatic carbocycles. The summed E-state index contributed by atoms with van der Waals surface area (Å²) in [5, 5.41) is 3.33. The molecule has 4 aromatic rings. The molecule has 4 atom stereocenters. The molecule has 1 fully saturated rings. The zero-order valence-corrected chi connectivity index (χ0v) is 24.2. The Morgan fingerprint density at radius 3 is 2.40 bits per heavy atom. The molecule has 1 N–H and O–H groups in total. The zero-order chi connectivity index (χ0) is 29.9. The first kappa shape index (κ1) is 27.0. The summed E-state index contributed by atoms with van der Waals surface area (Å²) < 4.78 is 11.1. The number of nitrogens with one attached hydrogen (secondary N) is 1. The van der Waals surface area contributed by atoms with Gasteiger partial charge in [-0.1, -0.05) is 66.2 Å². The molecule has 7 rings (SSSR count). The number of carbonyl (C=O) groups excluding carboxylic acids is 3. The molecule has 1 amide bonds. The molecule has 3 aliphatic rings. The van der Waals surface area contributed by atoms with Crippen LogP contribution in [0.5, 0.6) is 11.5 Å². The SMILES string of the molecule is COc1ccc(OC)c(C(=O)[C@@H]2[C@H](C(=O)c3ccccc3Cl)N3C=Cc4ccccc4[C@@H]3[C@@]23C(=O)Nc2ccccc23)c1. The fourth-order valence-electron chi connectivity index (χ4n) is 7.16. The van der Waals surface area contributed by atoms with Gasteiger partial charge in [0.05, 0.1) is 36.8 Å². The lowest BCUT2D eigenvalue weighted by Crippen LogP contribution is -2.49. The molecule has 214 valence electrons. The number of para-hydroxylation sites is 1. The Hall–Kier alpha value is -4.88. The van der Waals surface area contributed by atoms with Gasteiger partial charge in [0, 0.05) is 17.5 Å². The van der Waals surface area contributed by atoms with Crippen molar-refractivity contribution in [1.82, 2.24) is 4.90 Å². The van der Waals surface area contributed by atoms with Gasteiger partial charge in [-0.15, -0.1) is 0 Å². The summed E-state index contributed by atoms with van der Waals surface area (Å²) in [7, 11) is 2.99. The zero-order valence-electron chi connectivity index (χ0n) is 23.4. The quantitative estimate of drug-likeness (QED) is 0.264. The fourth-order valence-corrected chi connectivity index (χ4v) is 7.39. The van der Waals surface area contributed by atoms with Gasteiger partial charge in [0.2, 0.25) is 5.91 Å². The van der Waals surface area contributed by atoms with Gasteiger partial charge in [-0.25, -0.2) is 0 Å². The van der Waals surface area contributed by atoms with Crippen molar-refractivity contribution >= 4 is 40.8 Å². The van der Waals surface area contributed by atoms with Crippen LogP contribution in [0.15, 0.2) is 97.2 Å². The van der Waals surface area contributed by atoms with Crippen LogP contribution in [-0.4, -0.2) is 42.6 Å². The summed E-state index contributed by atoms with van der Waals surface area (Å²) in [6.45, 7) is 0. The number of methoxy groups -OCH3 is 2. The van der Waals surface area contributed by atoms with Gasteiger partial charge in [0.15, 0.2) is 11.6 Å². The summed E-state index contributed by atoms with van der Waals surface area (Å²) >= 11 is 6.59. The van der Waals surface area contributed by atoms with Crippen molar-refractivity contribution in [2.24, 2.45) is 5.92 Å². The predicted octanol–water partition coefficient (Wildman–Crippen LogP) is 6.34. The number of Topliss-reactive ketones (excluding diaryl/α,β-unsaturated/α-hetero) is 2. The first-order chi connectivity index (χ1) is 20.9. The number of hydrogen-bond donors (Lipinski definition) is 1. The minimum Gasteiger partial charge on any atom is -0.497 e. The summed E-state index contributed by atoms with van der Waals surface area (Å²) in [5.74, 6) is -1.51. The maximum atomic E-state index is 15.1. The molecular formula is C35H27ClN2O5. The highest BCUT2D eigenvalue weighted by molar-refractivity contribution is 6.34. The number of amides is 1. The van der Waals surface area contributed by atoms with Crippen molar-refractivity contribution in [3.05, 3.63) is 130 Å². The molecule has 7 nitrogen and oxygen atoms in total. The van der Waals surface area contributed by atoms with E-state index in [-0.39, 0.29) is 27.8 Å². The fraction of sp³-hybridized carbons (Fsp3) is 0.171. The normalized spacial score (nSPS) is 22.9. The molecule has 0 bridgehead atoms. The van der Waals surface area contributed by atoms with Gasteiger partial charge in [0.25, 0.3) is 0 Å². The van der Waals surface area contributed by atoms with E-state index in [9.17, 15) is 9.59 Å². The first-order valence-corrected chi connectivity index (χ1v) is 14.3. The van der Waals surface area contributed by atoms with E-state index in [0.717, 1.165) is 11.1 Å². The van der Waals surface area contributed by atoms with Crippen molar-refractivity contribution in [3.63, 3.8) is 0 Å². The first-order valence-electron chi connectivity index (χ1n) is 13.9. The number of rotatable bonds is 6. The number of ketones is 2. The lowest BCUT2D eigenvalue weighted by molar-refractivity contribution is -0.122. The summed E-state index contributed by atoms with van der Waals surface area (Å²) in [6.07, 6.45) is 3.75. The molecule has 4 aromatic carbocycles. The number of halogens is 1. The van der Waals surface area contributed by atoms with Crippen molar-refractivity contribution in [1.29, 1.82) is 0 Å². The molecule has 43 heavy (non-hydrogen) atoms. The Balaban J connectivity index is 1.56. The van der Waals surface area contributed by atoms with Crippen LogP contribution in [0.2, 0.25) is 5.02 Å². The minimum atomic E-state index is -1.47. The maximum Gasteiger partial charge on any atom is 0.238 e. The second kappa shape index (κ2) is 10.1. The summed E-state index contributed by atoms with van der Waals surface area (Å²) in [5.41, 5.74) is 2.06.